The summed E-state index contributed by atoms with van der Waals surface area (Å²) in [7, 11) is 1.75. The van der Waals surface area contributed by atoms with Gasteiger partial charge in [-0.15, -0.1) is 0 Å². The van der Waals surface area contributed by atoms with Gasteiger partial charge in [0.25, 0.3) is 5.91 Å². The van der Waals surface area contributed by atoms with E-state index in [2.05, 4.69) is 20.5 Å². The van der Waals surface area contributed by atoms with Crippen molar-refractivity contribution in [3.63, 3.8) is 0 Å². The third kappa shape index (κ3) is 3.59. The number of hydrogen-bond acceptors (Lipinski definition) is 4. The van der Waals surface area contributed by atoms with Crippen molar-refractivity contribution in [3.05, 3.63) is 23.7 Å². The van der Waals surface area contributed by atoms with E-state index in [0.717, 1.165) is 25.0 Å². The van der Waals surface area contributed by atoms with E-state index in [9.17, 15) is 4.79 Å². The maximum absolute atomic E-state index is 11.0. The van der Waals surface area contributed by atoms with Gasteiger partial charge in [-0.3, -0.25) is 14.7 Å². The maximum Gasteiger partial charge on any atom is 0.284 e. The maximum atomic E-state index is 11.0. The summed E-state index contributed by atoms with van der Waals surface area (Å²) in [6.45, 7) is 2.71. The SMILES string of the molecule is CN=C(NCc1ccc(C(N)=O)o1)NC1CCN(C2CC2)C1. The van der Waals surface area contributed by atoms with Crippen molar-refractivity contribution in [1.82, 2.24) is 15.5 Å². The lowest BCUT2D eigenvalue weighted by molar-refractivity contribution is 0.0972. The first-order valence-electron chi connectivity index (χ1n) is 7.75. The van der Waals surface area contributed by atoms with Crippen LogP contribution < -0.4 is 16.4 Å². The van der Waals surface area contributed by atoms with Crippen LogP contribution in [0.15, 0.2) is 21.5 Å². The van der Waals surface area contributed by atoms with Gasteiger partial charge in [-0.05, 0) is 31.4 Å². The molecule has 1 amide bonds. The number of furan rings is 1. The van der Waals surface area contributed by atoms with E-state index in [1.165, 1.54) is 19.4 Å². The van der Waals surface area contributed by atoms with Crippen LogP contribution in [-0.4, -0.2) is 49.0 Å². The summed E-state index contributed by atoms with van der Waals surface area (Å²) in [6, 6.07) is 4.58. The second-order valence-corrected chi connectivity index (χ2v) is 5.91. The fourth-order valence-electron chi connectivity index (χ4n) is 2.84. The zero-order valence-electron chi connectivity index (χ0n) is 12.8. The molecule has 2 fully saturated rings. The molecule has 3 rings (SSSR count). The molecule has 7 heteroatoms. The summed E-state index contributed by atoms with van der Waals surface area (Å²) in [5.74, 6) is 1.03. The zero-order chi connectivity index (χ0) is 15.5. The molecule has 1 saturated carbocycles. The Morgan fingerprint density at radius 2 is 2.27 bits per heavy atom. The number of carbonyl (C=O) groups is 1. The highest BCUT2D eigenvalue weighted by molar-refractivity contribution is 5.89. The number of primary amides is 1. The summed E-state index contributed by atoms with van der Waals surface area (Å²) in [5.41, 5.74) is 5.17. The normalized spacial score (nSPS) is 22.8. The third-order valence-electron chi connectivity index (χ3n) is 4.18. The molecule has 2 heterocycles. The van der Waals surface area contributed by atoms with Crippen molar-refractivity contribution in [1.29, 1.82) is 0 Å². The van der Waals surface area contributed by atoms with Crippen molar-refractivity contribution in [2.24, 2.45) is 10.7 Å². The molecule has 0 radical (unpaired) electrons. The first kappa shape index (κ1) is 14.9. The Labute approximate surface area is 129 Å². The quantitative estimate of drug-likeness (QED) is 0.536. The number of aliphatic imine (C=N–C) groups is 1. The van der Waals surface area contributed by atoms with Crippen LogP contribution >= 0.6 is 0 Å². The van der Waals surface area contributed by atoms with E-state index in [4.69, 9.17) is 10.2 Å². The average molecular weight is 305 g/mol. The van der Waals surface area contributed by atoms with Crippen LogP contribution in [0.2, 0.25) is 0 Å². The second kappa shape index (κ2) is 6.39. The molecule has 1 unspecified atom stereocenters. The number of nitrogens with one attached hydrogen (secondary N) is 2. The molecule has 0 aromatic carbocycles. The number of likely N-dealkylation sites (tertiary alicyclic amines) is 1. The average Bonchev–Trinajstić information content (AvgIpc) is 3.07. The summed E-state index contributed by atoms with van der Waals surface area (Å²) >= 11 is 0. The van der Waals surface area contributed by atoms with Gasteiger partial charge < -0.3 is 20.8 Å². The van der Waals surface area contributed by atoms with Crippen molar-refractivity contribution in [2.45, 2.75) is 37.9 Å². The van der Waals surface area contributed by atoms with Crippen LogP contribution in [0.25, 0.3) is 0 Å². The van der Waals surface area contributed by atoms with Gasteiger partial charge in [0.2, 0.25) is 0 Å². The number of carbonyl (C=O) groups excluding carboxylic acids is 1. The standard InChI is InChI=1S/C15H23N5O2/c1-17-15(18-8-12-4-5-13(22-12)14(16)21)19-10-6-7-20(9-10)11-2-3-11/h4-5,10-11H,2-3,6-9H2,1H3,(H2,16,21)(H2,17,18,19). The number of amides is 1. The molecule has 1 aromatic rings. The molecule has 7 nitrogen and oxygen atoms in total. The highest BCUT2D eigenvalue weighted by atomic mass is 16.3. The van der Waals surface area contributed by atoms with Gasteiger partial charge in [-0.2, -0.15) is 0 Å². The van der Waals surface area contributed by atoms with E-state index in [1.807, 2.05) is 0 Å². The number of nitrogens with zero attached hydrogens (tertiary/aromatic N) is 2. The number of nitrogens with two attached hydrogens (primary N) is 1. The Bertz CT molecular complexity index is 564. The highest BCUT2D eigenvalue weighted by Crippen LogP contribution is 2.29. The van der Waals surface area contributed by atoms with E-state index in [0.29, 0.717) is 18.3 Å². The number of guanidine groups is 1. The minimum absolute atomic E-state index is 0.176. The van der Waals surface area contributed by atoms with Gasteiger partial charge in [0.1, 0.15) is 5.76 Å². The lowest BCUT2D eigenvalue weighted by Crippen LogP contribution is -2.44. The molecule has 2 aliphatic rings. The van der Waals surface area contributed by atoms with Crippen LogP contribution in [0.3, 0.4) is 0 Å². The third-order valence-corrected chi connectivity index (χ3v) is 4.18. The van der Waals surface area contributed by atoms with Crippen molar-refractivity contribution >= 4 is 11.9 Å². The first-order chi connectivity index (χ1) is 10.7. The smallest absolute Gasteiger partial charge is 0.284 e. The predicted molar refractivity (Wildman–Crippen MR) is 83.6 cm³/mol. The second-order valence-electron chi connectivity index (χ2n) is 5.91. The fourth-order valence-corrected chi connectivity index (χ4v) is 2.84. The number of rotatable bonds is 5. The van der Waals surface area contributed by atoms with Crippen LogP contribution in [0.4, 0.5) is 0 Å². The molecule has 0 spiro atoms. The Hall–Kier alpha value is -2.02. The van der Waals surface area contributed by atoms with Crippen LogP contribution in [0.5, 0.6) is 0 Å². The molecule has 1 saturated heterocycles. The summed E-state index contributed by atoms with van der Waals surface area (Å²) < 4.78 is 5.34. The Balaban J connectivity index is 1.46. The predicted octanol–water partition coefficient (Wildman–Crippen LogP) is 0.280. The lowest BCUT2D eigenvalue weighted by Gasteiger charge is -2.18. The molecule has 1 atom stereocenters. The molecule has 1 aliphatic heterocycles. The topological polar surface area (TPSA) is 95.9 Å². The Morgan fingerprint density at radius 1 is 1.45 bits per heavy atom. The van der Waals surface area contributed by atoms with Gasteiger partial charge in [0, 0.05) is 32.2 Å². The Kier molecular flexibility index (Phi) is 4.33. The molecular weight excluding hydrogens is 282 g/mol. The first-order valence-corrected chi connectivity index (χ1v) is 7.75. The lowest BCUT2D eigenvalue weighted by atomic mass is 10.3. The molecule has 120 valence electrons. The highest BCUT2D eigenvalue weighted by Gasteiger charge is 2.34. The summed E-state index contributed by atoms with van der Waals surface area (Å²) in [4.78, 5) is 17.8. The minimum Gasteiger partial charge on any atom is -0.454 e. The van der Waals surface area contributed by atoms with Gasteiger partial charge in [-0.25, -0.2) is 0 Å². The van der Waals surface area contributed by atoms with Gasteiger partial charge >= 0.3 is 0 Å². The van der Waals surface area contributed by atoms with Crippen LogP contribution in [0.1, 0.15) is 35.6 Å². The zero-order valence-corrected chi connectivity index (χ0v) is 12.8. The van der Waals surface area contributed by atoms with Crippen LogP contribution in [0, 0.1) is 0 Å². The monoisotopic (exact) mass is 305 g/mol. The molecule has 1 aromatic heterocycles. The summed E-state index contributed by atoms with van der Waals surface area (Å²) in [5, 5.41) is 6.64. The van der Waals surface area contributed by atoms with Gasteiger partial charge in [0.05, 0.1) is 6.54 Å². The Morgan fingerprint density at radius 3 is 2.91 bits per heavy atom. The molecule has 4 N–H and O–H groups in total. The molecule has 1 aliphatic carbocycles. The van der Waals surface area contributed by atoms with Crippen molar-refractivity contribution in [2.75, 3.05) is 20.1 Å². The van der Waals surface area contributed by atoms with E-state index >= 15 is 0 Å². The molecule has 22 heavy (non-hydrogen) atoms. The van der Waals surface area contributed by atoms with Gasteiger partial charge in [0.15, 0.2) is 11.7 Å². The van der Waals surface area contributed by atoms with E-state index < -0.39 is 5.91 Å². The van der Waals surface area contributed by atoms with Gasteiger partial charge in [-0.1, -0.05) is 0 Å². The largest absolute Gasteiger partial charge is 0.454 e. The summed E-state index contributed by atoms with van der Waals surface area (Å²) in [6.07, 6.45) is 3.84. The van der Waals surface area contributed by atoms with Crippen molar-refractivity contribution < 1.29 is 9.21 Å². The fraction of sp³-hybridized carbons (Fsp3) is 0.600. The molecule has 0 bridgehead atoms. The van der Waals surface area contributed by atoms with Crippen LogP contribution in [-0.2, 0) is 6.54 Å². The number of hydrogen-bond donors (Lipinski definition) is 3. The van der Waals surface area contributed by atoms with E-state index in [1.54, 1.807) is 19.2 Å². The minimum atomic E-state index is -0.556. The van der Waals surface area contributed by atoms with E-state index in [-0.39, 0.29) is 5.76 Å². The molecular formula is C15H23N5O2. The van der Waals surface area contributed by atoms with Crippen molar-refractivity contribution in [3.8, 4) is 0 Å².